The maximum Gasteiger partial charge on any atom is 0.324 e. The molecule has 2 saturated heterocycles. The second-order valence-corrected chi connectivity index (χ2v) is 5.27. The van der Waals surface area contributed by atoms with Crippen LogP contribution in [0.3, 0.4) is 0 Å². The molecule has 1 unspecified atom stereocenters. The molecule has 3 rings (SSSR count). The van der Waals surface area contributed by atoms with Crippen molar-refractivity contribution in [2.45, 2.75) is 25.8 Å². The van der Waals surface area contributed by atoms with Gasteiger partial charge in [0, 0.05) is 19.2 Å². The molecule has 0 saturated carbocycles. The molecule has 0 aliphatic carbocycles. The summed E-state index contributed by atoms with van der Waals surface area (Å²) in [6.45, 7) is 3.95. The smallest absolute Gasteiger partial charge is 0.324 e. The van der Waals surface area contributed by atoms with Crippen molar-refractivity contribution in [3.8, 4) is 0 Å². The van der Waals surface area contributed by atoms with Crippen LogP contribution in [0.15, 0.2) is 10.6 Å². The molecular formula is C13H18N4O3. The summed E-state index contributed by atoms with van der Waals surface area (Å²) in [6.07, 6.45) is 1.99. The van der Waals surface area contributed by atoms with Gasteiger partial charge in [-0.05, 0) is 26.3 Å². The Labute approximate surface area is 116 Å². The molecule has 0 radical (unpaired) electrons. The number of amides is 3. The molecule has 3 heterocycles. The summed E-state index contributed by atoms with van der Waals surface area (Å²) < 4.78 is 5.11. The van der Waals surface area contributed by atoms with Gasteiger partial charge in [0.1, 0.15) is 11.5 Å². The highest BCUT2D eigenvalue weighted by atomic mass is 16.5. The predicted molar refractivity (Wildman–Crippen MR) is 69.9 cm³/mol. The van der Waals surface area contributed by atoms with E-state index in [2.05, 4.69) is 15.4 Å². The molecule has 1 aromatic rings. The van der Waals surface area contributed by atoms with Crippen LogP contribution in [0.5, 0.6) is 0 Å². The van der Waals surface area contributed by atoms with Crippen molar-refractivity contribution in [2.24, 2.45) is 0 Å². The molecule has 2 aliphatic heterocycles. The van der Waals surface area contributed by atoms with E-state index in [4.69, 9.17) is 4.52 Å². The predicted octanol–water partition coefficient (Wildman–Crippen LogP) is 0.672. The fraction of sp³-hybridized carbons (Fsp3) is 0.615. The Morgan fingerprint density at radius 3 is 3.05 bits per heavy atom. The van der Waals surface area contributed by atoms with Crippen LogP contribution in [0.4, 0.5) is 4.79 Å². The van der Waals surface area contributed by atoms with Crippen molar-refractivity contribution in [2.75, 3.05) is 26.2 Å². The number of hydrogen-bond donors (Lipinski definition) is 1. The van der Waals surface area contributed by atoms with Crippen molar-refractivity contribution < 1.29 is 14.1 Å². The summed E-state index contributed by atoms with van der Waals surface area (Å²) in [4.78, 5) is 27.0. The van der Waals surface area contributed by atoms with Crippen LogP contribution in [0.2, 0.25) is 0 Å². The molecule has 108 valence electrons. The first kappa shape index (κ1) is 13.1. The van der Waals surface area contributed by atoms with Gasteiger partial charge in [0.25, 0.3) is 0 Å². The zero-order valence-electron chi connectivity index (χ0n) is 11.5. The molecule has 0 spiro atoms. The Bertz CT molecular complexity index is 527. The van der Waals surface area contributed by atoms with E-state index in [1.165, 1.54) is 4.90 Å². The quantitative estimate of drug-likeness (QED) is 0.879. The average Bonchev–Trinajstić information content (AvgIpc) is 3.10. The highest BCUT2D eigenvalue weighted by Gasteiger charge is 2.33. The van der Waals surface area contributed by atoms with Crippen molar-refractivity contribution in [1.82, 2.24) is 20.3 Å². The Balaban J connectivity index is 1.67. The summed E-state index contributed by atoms with van der Waals surface area (Å²) in [5.41, 5.74) is 0.874. The number of carbonyl (C=O) groups excluding carboxylic acids is 2. The summed E-state index contributed by atoms with van der Waals surface area (Å²) in [7, 11) is 0. The summed E-state index contributed by atoms with van der Waals surface area (Å²) in [5, 5.41) is 6.69. The second-order valence-electron chi connectivity index (χ2n) is 5.27. The highest BCUT2D eigenvalue weighted by Crippen LogP contribution is 2.31. The van der Waals surface area contributed by atoms with E-state index >= 15 is 0 Å². The van der Waals surface area contributed by atoms with Gasteiger partial charge >= 0.3 is 6.03 Å². The third-order valence-electron chi connectivity index (χ3n) is 3.85. The van der Waals surface area contributed by atoms with Crippen molar-refractivity contribution >= 4 is 11.9 Å². The second kappa shape index (κ2) is 5.24. The molecule has 1 aromatic heterocycles. The average molecular weight is 278 g/mol. The maximum atomic E-state index is 12.2. The van der Waals surface area contributed by atoms with Gasteiger partial charge in [0.15, 0.2) is 0 Å². The first-order chi connectivity index (χ1) is 9.65. The number of urea groups is 1. The third-order valence-corrected chi connectivity index (χ3v) is 3.85. The minimum Gasteiger partial charge on any atom is -0.361 e. The van der Waals surface area contributed by atoms with Crippen molar-refractivity contribution in [3.05, 3.63) is 17.5 Å². The number of aryl methyl sites for hydroxylation is 1. The SMILES string of the molecule is Cc1cc(C2CCCN2CC(=O)N2CCNC2=O)no1. The lowest BCUT2D eigenvalue weighted by Crippen LogP contribution is -2.41. The van der Waals surface area contributed by atoms with Crippen LogP contribution in [0, 0.1) is 6.92 Å². The number of nitrogens with zero attached hydrogens (tertiary/aromatic N) is 3. The van der Waals surface area contributed by atoms with Gasteiger partial charge in [-0.2, -0.15) is 0 Å². The zero-order chi connectivity index (χ0) is 14.1. The summed E-state index contributed by atoms with van der Waals surface area (Å²) >= 11 is 0. The van der Waals surface area contributed by atoms with Crippen LogP contribution in [0.1, 0.15) is 30.3 Å². The zero-order valence-corrected chi connectivity index (χ0v) is 11.5. The molecule has 0 bridgehead atoms. The number of rotatable bonds is 3. The Hall–Kier alpha value is -1.89. The van der Waals surface area contributed by atoms with Crippen molar-refractivity contribution in [1.29, 1.82) is 0 Å². The lowest BCUT2D eigenvalue weighted by molar-refractivity contribution is -0.129. The minimum atomic E-state index is -0.289. The van der Waals surface area contributed by atoms with Gasteiger partial charge in [-0.1, -0.05) is 5.16 Å². The Morgan fingerprint density at radius 1 is 1.55 bits per heavy atom. The molecular weight excluding hydrogens is 260 g/mol. The number of imide groups is 1. The molecule has 7 nitrogen and oxygen atoms in total. The van der Waals surface area contributed by atoms with E-state index in [-0.39, 0.29) is 24.5 Å². The monoisotopic (exact) mass is 278 g/mol. The standard InChI is InChI=1S/C13H18N4O3/c1-9-7-10(15-20-9)11-3-2-5-16(11)8-12(18)17-6-4-14-13(17)19/h7,11H,2-6,8H2,1H3,(H,14,19). The van der Waals surface area contributed by atoms with Gasteiger partial charge in [0.2, 0.25) is 5.91 Å². The van der Waals surface area contributed by atoms with Gasteiger partial charge in [-0.15, -0.1) is 0 Å². The molecule has 20 heavy (non-hydrogen) atoms. The van der Waals surface area contributed by atoms with Crippen LogP contribution >= 0.6 is 0 Å². The maximum absolute atomic E-state index is 12.2. The number of likely N-dealkylation sites (tertiary alicyclic amines) is 1. The van der Waals surface area contributed by atoms with E-state index in [0.717, 1.165) is 30.8 Å². The van der Waals surface area contributed by atoms with Crippen LogP contribution in [-0.2, 0) is 4.79 Å². The van der Waals surface area contributed by atoms with Crippen LogP contribution in [-0.4, -0.2) is 53.1 Å². The molecule has 3 amide bonds. The molecule has 2 aliphatic rings. The first-order valence-corrected chi connectivity index (χ1v) is 6.90. The topological polar surface area (TPSA) is 78.7 Å². The van der Waals surface area contributed by atoms with Gasteiger partial charge in [0.05, 0.1) is 12.6 Å². The lowest BCUT2D eigenvalue weighted by Gasteiger charge is -2.23. The van der Waals surface area contributed by atoms with Gasteiger partial charge in [-0.25, -0.2) is 4.79 Å². The molecule has 7 heteroatoms. The Morgan fingerprint density at radius 2 is 2.40 bits per heavy atom. The fourth-order valence-electron chi connectivity index (χ4n) is 2.86. The Kier molecular flexibility index (Phi) is 3.43. The van der Waals surface area contributed by atoms with Gasteiger partial charge in [-0.3, -0.25) is 14.6 Å². The molecule has 1 N–H and O–H groups in total. The summed E-state index contributed by atoms with van der Waals surface area (Å²) in [5.74, 6) is 0.629. The molecule has 2 fully saturated rings. The first-order valence-electron chi connectivity index (χ1n) is 6.90. The van der Waals surface area contributed by atoms with E-state index in [9.17, 15) is 9.59 Å². The lowest BCUT2D eigenvalue weighted by atomic mass is 10.1. The number of aromatic nitrogens is 1. The van der Waals surface area contributed by atoms with E-state index in [1.807, 2.05) is 13.0 Å². The van der Waals surface area contributed by atoms with E-state index in [0.29, 0.717) is 13.1 Å². The summed E-state index contributed by atoms with van der Waals surface area (Å²) in [6, 6.07) is 1.74. The van der Waals surface area contributed by atoms with Crippen LogP contribution in [0.25, 0.3) is 0 Å². The fourth-order valence-corrected chi connectivity index (χ4v) is 2.86. The van der Waals surface area contributed by atoms with Crippen molar-refractivity contribution in [3.63, 3.8) is 0 Å². The molecule has 0 aromatic carbocycles. The normalized spacial score (nSPS) is 23.4. The number of hydrogen-bond acceptors (Lipinski definition) is 5. The number of nitrogens with one attached hydrogen (secondary N) is 1. The highest BCUT2D eigenvalue weighted by molar-refractivity contribution is 5.96. The van der Waals surface area contributed by atoms with Gasteiger partial charge < -0.3 is 9.84 Å². The number of carbonyl (C=O) groups is 2. The van der Waals surface area contributed by atoms with E-state index in [1.54, 1.807) is 0 Å². The minimum absolute atomic E-state index is 0.113. The molecule has 1 atom stereocenters. The van der Waals surface area contributed by atoms with Crippen LogP contribution < -0.4 is 5.32 Å². The van der Waals surface area contributed by atoms with E-state index < -0.39 is 0 Å². The third kappa shape index (κ3) is 2.40. The largest absolute Gasteiger partial charge is 0.361 e.